The van der Waals surface area contributed by atoms with Crippen LogP contribution in [0.15, 0.2) is 0 Å². The lowest BCUT2D eigenvalue weighted by molar-refractivity contribution is 0.374. The van der Waals surface area contributed by atoms with Crippen LogP contribution in [0.1, 0.15) is 33.1 Å². The van der Waals surface area contributed by atoms with Crippen molar-refractivity contribution in [1.82, 2.24) is 10.6 Å². The zero-order valence-corrected chi connectivity index (χ0v) is 5.69. The predicted molar refractivity (Wildman–Crippen MR) is 43.9 cm³/mol. The largest absolute Gasteiger partial charge is 0.300 e. The maximum Gasteiger partial charge on any atom is 0.0459 e. The highest BCUT2D eigenvalue weighted by atomic mass is 15.2. The first kappa shape index (κ1) is 8.02. The van der Waals surface area contributed by atoms with E-state index in [1.807, 2.05) is 0 Å². The second kappa shape index (κ2) is 3.35. The lowest BCUT2D eigenvalue weighted by atomic mass is 9.92. The van der Waals surface area contributed by atoms with E-state index in [1.165, 1.54) is 25.7 Å². The summed E-state index contributed by atoms with van der Waals surface area (Å²) in [5.41, 5.74) is 0. The van der Waals surface area contributed by atoms with Gasteiger partial charge in [-0.3, -0.25) is 0 Å². The Labute approximate surface area is 63.4 Å². The molecule has 1 saturated heterocycles. The highest BCUT2D eigenvalue weighted by Gasteiger charge is 2.27. The summed E-state index contributed by atoms with van der Waals surface area (Å²) in [6.07, 6.45) is 5.63. The Kier molecular flexibility index (Phi) is 2.69. The molecule has 10 heavy (non-hydrogen) atoms. The molecule has 0 aromatic heterocycles. The van der Waals surface area contributed by atoms with Crippen LogP contribution in [-0.2, 0) is 0 Å². The minimum absolute atomic E-state index is 0. The van der Waals surface area contributed by atoms with Gasteiger partial charge in [0.25, 0.3) is 0 Å². The summed E-state index contributed by atoms with van der Waals surface area (Å²) in [5.74, 6) is 0. The summed E-state index contributed by atoms with van der Waals surface area (Å²) in [5, 5.41) is 6.89. The summed E-state index contributed by atoms with van der Waals surface area (Å²) in [4.78, 5) is 0. The molecule has 2 aliphatic rings. The highest BCUT2D eigenvalue weighted by molar-refractivity contribution is 4.90. The minimum Gasteiger partial charge on any atom is -0.300 e. The van der Waals surface area contributed by atoms with Crippen LogP contribution in [0.25, 0.3) is 0 Å². The molecule has 2 atom stereocenters. The van der Waals surface area contributed by atoms with Gasteiger partial charge in [0, 0.05) is 18.8 Å². The fourth-order valence-electron chi connectivity index (χ4n) is 1.94. The topological polar surface area (TPSA) is 24.1 Å². The van der Waals surface area contributed by atoms with Crippen molar-refractivity contribution < 1.29 is 0 Å². The van der Waals surface area contributed by atoms with Crippen molar-refractivity contribution in [3.05, 3.63) is 0 Å². The van der Waals surface area contributed by atoms with E-state index in [4.69, 9.17) is 0 Å². The average molecular weight is 142 g/mol. The molecule has 2 N–H and O–H groups in total. The summed E-state index contributed by atoms with van der Waals surface area (Å²) in [7, 11) is 0. The first-order valence-electron chi connectivity index (χ1n) is 3.93. The Morgan fingerprint density at radius 3 is 1.90 bits per heavy atom. The third kappa shape index (κ3) is 1.32. The van der Waals surface area contributed by atoms with Crippen molar-refractivity contribution in [2.45, 2.75) is 45.2 Å². The molecule has 0 amide bonds. The van der Waals surface area contributed by atoms with Crippen LogP contribution in [0, 0.1) is 0 Å². The molecule has 60 valence electrons. The van der Waals surface area contributed by atoms with Crippen molar-refractivity contribution in [3.8, 4) is 0 Å². The van der Waals surface area contributed by atoms with E-state index in [0.717, 1.165) is 18.8 Å². The summed E-state index contributed by atoms with van der Waals surface area (Å²) in [6.45, 7) is 1.04. The molecule has 2 fully saturated rings. The van der Waals surface area contributed by atoms with Crippen molar-refractivity contribution in [2.75, 3.05) is 6.67 Å². The maximum absolute atomic E-state index is 3.45. The van der Waals surface area contributed by atoms with Crippen LogP contribution in [-0.4, -0.2) is 18.8 Å². The van der Waals surface area contributed by atoms with E-state index in [0.29, 0.717) is 0 Å². The van der Waals surface area contributed by atoms with Crippen LogP contribution >= 0.6 is 0 Å². The Hall–Kier alpha value is -0.0800. The molecule has 0 aromatic carbocycles. The monoisotopic (exact) mass is 142 g/mol. The fraction of sp³-hybridized carbons (Fsp3) is 1.00. The standard InChI is InChI=1S/C7H14N2.CH4/c1-2-4-7-6(3-1)8-5-9-7;/h6-9H,1-5H2;1H4. The van der Waals surface area contributed by atoms with Crippen molar-refractivity contribution in [1.29, 1.82) is 0 Å². The molecule has 2 nitrogen and oxygen atoms in total. The molecule has 1 aliphatic heterocycles. The van der Waals surface area contributed by atoms with Crippen molar-refractivity contribution >= 4 is 0 Å². The second-order valence-corrected chi connectivity index (χ2v) is 3.08. The Balaban J connectivity index is 0.000000500. The molecule has 1 heterocycles. The molecular formula is C8H18N2. The van der Waals surface area contributed by atoms with Crippen LogP contribution in [0.4, 0.5) is 0 Å². The first-order chi connectivity index (χ1) is 4.47. The van der Waals surface area contributed by atoms with E-state index in [9.17, 15) is 0 Å². The van der Waals surface area contributed by atoms with Crippen molar-refractivity contribution in [3.63, 3.8) is 0 Å². The summed E-state index contributed by atoms with van der Waals surface area (Å²) in [6, 6.07) is 1.61. The van der Waals surface area contributed by atoms with Gasteiger partial charge in [-0.25, -0.2) is 0 Å². The van der Waals surface area contributed by atoms with Gasteiger partial charge in [0.15, 0.2) is 0 Å². The molecule has 0 bridgehead atoms. The molecule has 2 rings (SSSR count). The average Bonchev–Trinajstić information content (AvgIpc) is 2.33. The maximum atomic E-state index is 3.45. The first-order valence-corrected chi connectivity index (χ1v) is 3.93. The van der Waals surface area contributed by atoms with Crippen LogP contribution in [0.5, 0.6) is 0 Å². The number of hydrogen-bond donors (Lipinski definition) is 2. The summed E-state index contributed by atoms with van der Waals surface area (Å²) >= 11 is 0. The number of rotatable bonds is 0. The molecular weight excluding hydrogens is 124 g/mol. The number of nitrogens with one attached hydrogen (secondary N) is 2. The van der Waals surface area contributed by atoms with Crippen LogP contribution in [0.2, 0.25) is 0 Å². The Bertz CT molecular complexity index is 91.4. The van der Waals surface area contributed by atoms with Crippen LogP contribution in [0.3, 0.4) is 0 Å². The van der Waals surface area contributed by atoms with Gasteiger partial charge in [0.05, 0.1) is 0 Å². The molecule has 0 spiro atoms. The molecule has 1 aliphatic carbocycles. The van der Waals surface area contributed by atoms with Gasteiger partial charge in [-0.15, -0.1) is 0 Å². The Morgan fingerprint density at radius 2 is 1.40 bits per heavy atom. The van der Waals surface area contributed by atoms with Gasteiger partial charge in [-0.1, -0.05) is 20.3 Å². The van der Waals surface area contributed by atoms with E-state index in [-0.39, 0.29) is 7.43 Å². The highest BCUT2D eigenvalue weighted by Crippen LogP contribution is 2.20. The van der Waals surface area contributed by atoms with E-state index < -0.39 is 0 Å². The quantitative estimate of drug-likeness (QED) is 0.529. The zero-order valence-electron chi connectivity index (χ0n) is 5.69. The SMILES string of the molecule is C.C1CCC2NCNC2C1. The van der Waals surface area contributed by atoms with E-state index in [2.05, 4.69) is 10.6 Å². The van der Waals surface area contributed by atoms with Gasteiger partial charge in [0.2, 0.25) is 0 Å². The number of hydrogen-bond acceptors (Lipinski definition) is 2. The van der Waals surface area contributed by atoms with Gasteiger partial charge >= 0.3 is 0 Å². The fourth-order valence-corrected chi connectivity index (χ4v) is 1.94. The van der Waals surface area contributed by atoms with Gasteiger partial charge in [-0.05, 0) is 12.8 Å². The lowest BCUT2D eigenvalue weighted by Gasteiger charge is -2.23. The third-order valence-corrected chi connectivity index (χ3v) is 2.49. The smallest absolute Gasteiger partial charge is 0.0459 e. The zero-order chi connectivity index (χ0) is 6.10. The van der Waals surface area contributed by atoms with Crippen LogP contribution < -0.4 is 10.6 Å². The second-order valence-electron chi connectivity index (χ2n) is 3.08. The van der Waals surface area contributed by atoms with Gasteiger partial charge in [-0.2, -0.15) is 0 Å². The van der Waals surface area contributed by atoms with E-state index in [1.54, 1.807) is 0 Å². The van der Waals surface area contributed by atoms with Gasteiger partial charge < -0.3 is 10.6 Å². The van der Waals surface area contributed by atoms with Gasteiger partial charge in [0.1, 0.15) is 0 Å². The molecule has 0 aromatic rings. The summed E-state index contributed by atoms with van der Waals surface area (Å²) < 4.78 is 0. The molecule has 0 radical (unpaired) electrons. The molecule has 1 saturated carbocycles. The molecule has 2 heteroatoms. The molecule has 2 unspecified atom stereocenters. The Morgan fingerprint density at radius 1 is 0.900 bits per heavy atom. The van der Waals surface area contributed by atoms with E-state index >= 15 is 0 Å². The third-order valence-electron chi connectivity index (χ3n) is 2.49. The normalized spacial score (nSPS) is 38.4. The minimum atomic E-state index is 0. The predicted octanol–water partition coefficient (Wildman–Crippen LogP) is 1.08. The number of fused-ring (bicyclic) bond motifs is 1. The van der Waals surface area contributed by atoms with Crippen molar-refractivity contribution in [2.24, 2.45) is 0 Å². The lowest BCUT2D eigenvalue weighted by Crippen LogP contribution is -2.36.